The molecule has 0 N–H and O–H groups in total. The van der Waals surface area contributed by atoms with Crippen LogP contribution in [-0.2, 0) is 0 Å². The van der Waals surface area contributed by atoms with Gasteiger partial charge < -0.3 is 0 Å². The van der Waals surface area contributed by atoms with Gasteiger partial charge in [0.1, 0.15) is 0 Å². The van der Waals surface area contributed by atoms with E-state index in [1.54, 1.807) is 0 Å². The Hall–Kier alpha value is -6.45. The van der Waals surface area contributed by atoms with Gasteiger partial charge in [0.05, 0.1) is 39.8 Å². The third kappa shape index (κ3) is 5.08. The maximum atomic E-state index is 9.53. The summed E-state index contributed by atoms with van der Waals surface area (Å²) < 4.78 is 255. The molecule has 3 nitrogen and oxygen atoms in total. The molecule has 1 heterocycles. The molecule has 9 aromatic rings. The molecule has 0 fully saturated rings. The quantitative estimate of drug-likeness (QED) is 0.188. The molecule has 1 aromatic heterocycles. The van der Waals surface area contributed by atoms with Crippen molar-refractivity contribution in [1.29, 1.82) is 0 Å². The summed E-state index contributed by atoms with van der Waals surface area (Å²) >= 11 is 0. The number of hydrogen-bond acceptors (Lipinski definition) is 3. The van der Waals surface area contributed by atoms with Crippen LogP contribution in [0.3, 0.4) is 0 Å². The summed E-state index contributed by atoms with van der Waals surface area (Å²) in [6.45, 7) is 0. The van der Waals surface area contributed by atoms with E-state index < -0.39 is 264 Å². The summed E-state index contributed by atoms with van der Waals surface area (Å²) in [7, 11) is 0. The number of fused-ring (bicyclic) bond motifs is 3. The van der Waals surface area contributed by atoms with Gasteiger partial charge in [-0.3, -0.25) is 0 Å². The minimum Gasteiger partial charge on any atom is -0.208 e. The van der Waals surface area contributed by atoms with Crippen molar-refractivity contribution in [2.75, 3.05) is 0 Å². The van der Waals surface area contributed by atoms with E-state index in [4.69, 9.17) is 28.8 Å². The molecular weight excluding hydrogens is 583 g/mol. The van der Waals surface area contributed by atoms with Crippen LogP contribution in [0.1, 0.15) is 39.8 Å². The minimum absolute atomic E-state index is 0.565. The van der Waals surface area contributed by atoms with Crippen molar-refractivity contribution in [3.05, 3.63) is 175 Å². The number of benzene rings is 8. The first-order chi connectivity index (χ1) is 35.9. The molecule has 3 heteroatoms. The van der Waals surface area contributed by atoms with Crippen LogP contribution in [0.2, 0.25) is 0 Å². The lowest BCUT2D eigenvalue weighted by atomic mass is 9.95. The van der Waals surface area contributed by atoms with Gasteiger partial charge in [0.15, 0.2) is 17.5 Å². The SMILES string of the molecule is [2H]c1c([2H])c([2H])c(-c2nc(-c3c([2H])c([2H])c4c([2H])c(-c5c([2H])c([2H])c([2H])c6c([2H])c([2H])c([2H])c([2H])c56)c([2H])c([2H])c4c3[2H])nc(-c3c([2H])c([2H])c([2H])c4c([2H])c(-c5c([2H])c([2H])c([2H])c([2H])c5[2H])c([2H])c([2H])c34)n2)c([2H])c1[2H]. The lowest BCUT2D eigenvalue weighted by Crippen LogP contribution is -2.00. The highest BCUT2D eigenvalue weighted by molar-refractivity contribution is 6.00. The third-order valence-electron chi connectivity index (χ3n) is 6.93. The van der Waals surface area contributed by atoms with Crippen LogP contribution in [0.15, 0.2) is 175 Å². The Bertz CT molecular complexity index is 4210. The topological polar surface area (TPSA) is 38.7 Å². The Morgan fingerprint density at radius 1 is 0.292 bits per heavy atom. The van der Waals surface area contributed by atoms with Crippen LogP contribution >= 0.6 is 0 Å². The highest BCUT2D eigenvalue weighted by Crippen LogP contribution is 2.35. The van der Waals surface area contributed by atoms with Crippen molar-refractivity contribution in [1.82, 2.24) is 15.0 Å². The van der Waals surface area contributed by atoms with Crippen molar-refractivity contribution >= 4 is 32.3 Å². The van der Waals surface area contributed by atoms with Crippen LogP contribution in [0.25, 0.3) is 88.7 Å². The van der Waals surface area contributed by atoms with Gasteiger partial charge >= 0.3 is 0 Å². The van der Waals surface area contributed by atoms with Crippen LogP contribution < -0.4 is 0 Å². The Morgan fingerprint density at radius 2 is 0.812 bits per heavy atom. The van der Waals surface area contributed by atoms with E-state index in [0.29, 0.717) is 0 Å². The fourth-order valence-electron chi connectivity index (χ4n) is 4.76. The molecule has 0 radical (unpaired) electrons. The molecule has 0 saturated carbocycles. The van der Waals surface area contributed by atoms with Crippen LogP contribution in [0.5, 0.6) is 0 Å². The Morgan fingerprint density at radius 3 is 1.60 bits per heavy atom. The lowest BCUT2D eigenvalue weighted by Gasteiger charge is -2.12. The molecule has 0 atom stereocenters. The summed E-state index contributed by atoms with van der Waals surface area (Å²) in [5.41, 5.74) is -5.28. The Balaban J connectivity index is 1.43. The van der Waals surface area contributed by atoms with Crippen LogP contribution in [0, 0.1) is 0 Å². The first-order valence-corrected chi connectivity index (χ1v) is 13.8. The summed E-state index contributed by atoms with van der Waals surface area (Å²) in [4.78, 5) is 12.9. The highest BCUT2D eigenvalue weighted by atomic mass is 15.0. The molecule has 0 spiro atoms. The molecule has 0 aliphatic carbocycles. The van der Waals surface area contributed by atoms with Gasteiger partial charge in [0, 0.05) is 16.7 Å². The molecule has 0 saturated heterocycles. The molecule has 48 heavy (non-hydrogen) atoms. The molecule has 9 rings (SSSR count). The minimum atomic E-state index is -1.05. The standard InChI is InChI=1S/C45H29N3/c1-3-11-30(12-4-1)33-25-26-41-36(27-33)17-10-20-42(41)45-47-43(32-14-5-2-6-15-32)46-44(48-45)38-24-22-34-28-37(23-21-35(34)29-38)40-19-9-16-31-13-7-8-18-39(31)40/h1-29H/i1D,2D,3D,4D,5D,6D,7D,8D,9D,10D,11D,12D,13D,14D,15D,16D,17D,18D,19D,20D,21D,22D,23D,24D,25D,26D,27D,28D,29D. The van der Waals surface area contributed by atoms with Gasteiger partial charge in [0.2, 0.25) is 0 Å². The predicted octanol–water partition coefficient (Wildman–Crippen LogP) is 11.7. The summed E-state index contributed by atoms with van der Waals surface area (Å²) in [6, 6.07) is -26.7. The van der Waals surface area contributed by atoms with Gasteiger partial charge in [-0.1, -0.05) is 157 Å². The van der Waals surface area contributed by atoms with Gasteiger partial charge in [-0.05, 0) is 72.7 Å². The van der Waals surface area contributed by atoms with E-state index in [1.165, 1.54) is 0 Å². The van der Waals surface area contributed by atoms with Crippen LogP contribution in [-0.4, -0.2) is 15.0 Å². The molecule has 0 aliphatic rings. The Kier molecular flexibility index (Phi) is 2.70. The predicted molar refractivity (Wildman–Crippen MR) is 200 cm³/mol. The van der Waals surface area contributed by atoms with Crippen LogP contribution in [0.4, 0.5) is 0 Å². The maximum Gasteiger partial charge on any atom is 0.164 e. The number of rotatable bonds is 5. The van der Waals surface area contributed by atoms with E-state index in [9.17, 15) is 11.0 Å². The second-order valence-electron chi connectivity index (χ2n) is 9.81. The fourth-order valence-corrected chi connectivity index (χ4v) is 4.76. The number of hydrogen-bond donors (Lipinski definition) is 0. The third-order valence-corrected chi connectivity index (χ3v) is 6.93. The molecule has 0 aliphatic heterocycles. The molecule has 224 valence electrons. The highest BCUT2D eigenvalue weighted by Gasteiger charge is 2.15. The fraction of sp³-hybridized carbons (Fsp3) is 0. The second kappa shape index (κ2) is 11.7. The zero-order valence-electron chi connectivity index (χ0n) is 52.8. The van der Waals surface area contributed by atoms with Gasteiger partial charge in [-0.15, -0.1) is 0 Å². The smallest absolute Gasteiger partial charge is 0.164 e. The van der Waals surface area contributed by atoms with E-state index >= 15 is 0 Å². The van der Waals surface area contributed by atoms with Crippen molar-refractivity contribution in [2.24, 2.45) is 0 Å². The maximum absolute atomic E-state index is 9.53. The second-order valence-corrected chi connectivity index (χ2v) is 9.81. The number of nitrogens with zero attached hydrogens (tertiary/aromatic N) is 3. The average molecular weight is 641 g/mol. The molecule has 0 bridgehead atoms. The zero-order chi connectivity index (χ0) is 57.1. The van der Waals surface area contributed by atoms with E-state index in [0.717, 1.165) is 0 Å². The van der Waals surface area contributed by atoms with E-state index in [1.807, 2.05) is 0 Å². The average Bonchev–Trinajstić information content (AvgIpc) is 3.45. The van der Waals surface area contributed by atoms with Gasteiger partial charge in [-0.2, -0.15) is 0 Å². The Labute approximate surface area is 319 Å². The first-order valence-electron chi connectivity index (χ1n) is 28.3. The van der Waals surface area contributed by atoms with E-state index in [-0.39, 0.29) is 0 Å². The van der Waals surface area contributed by atoms with Crippen molar-refractivity contribution < 1.29 is 39.8 Å². The number of aromatic nitrogens is 3. The largest absolute Gasteiger partial charge is 0.208 e. The molecule has 8 aromatic carbocycles. The zero-order valence-corrected chi connectivity index (χ0v) is 23.8. The van der Waals surface area contributed by atoms with Crippen molar-refractivity contribution in [3.63, 3.8) is 0 Å². The van der Waals surface area contributed by atoms with E-state index in [2.05, 4.69) is 15.0 Å². The van der Waals surface area contributed by atoms with Gasteiger partial charge in [-0.25, -0.2) is 15.0 Å². The summed E-state index contributed by atoms with van der Waals surface area (Å²) in [5, 5.41) is -4.03. The van der Waals surface area contributed by atoms with Crippen molar-refractivity contribution in [2.45, 2.75) is 0 Å². The molecular formula is C45H29N3. The van der Waals surface area contributed by atoms with Crippen molar-refractivity contribution in [3.8, 4) is 56.4 Å². The lowest BCUT2D eigenvalue weighted by molar-refractivity contribution is 1.08. The monoisotopic (exact) mass is 640 g/mol. The normalized spacial score (nSPS) is 19.8. The summed E-state index contributed by atoms with van der Waals surface area (Å²) in [5.74, 6) is -2.70. The first kappa shape index (κ1) is 11.1. The molecule has 0 amide bonds. The molecule has 0 unspecified atom stereocenters. The summed E-state index contributed by atoms with van der Waals surface area (Å²) in [6.07, 6.45) is 0. The van der Waals surface area contributed by atoms with Gasteiger partial charge in [0.25, 0.3) is 0 Å².